The van der Waals surface area contributed by atoms with Gasteiger partial charge in [0.15, 0.2) is 0 Å². The van der Waals surface area contributed by atoms with Gasteiger partial charge < -0.3 is 15.5 Å². The lowest BCUT2D eigenvalue weighted by atomic mass is 10.1. The Balaban J connectivity index is 1.82. The second kappa shape index (κ2) is 6.74. The van der Waals surface area contributed by atoms with Gasteiger partial charge in [0.1, 0.15) is 5.82 Å². The Kier molecular flexibility index (Phi) is 4.51. The van der Waals surface area contributed by atoms with E-state index in [1.165, 1.54) is 6.07 Å². The van der Waals surface area contributed by atoms with Crippen molar-refractivity contribution in [3.05, 3.63) is 60.0 Å². The average Bonchev–Trinajstić information content (AvgIpc) is 2.91. The Bertz CT molecular complexity index is 797. The smallest absolute Gasteiger partial charge is 0.257 e. The first-order valence-electron chi connectivity index (χ1n) is 8.06. The van der Waals surface area contributed by atoms with Gasteiger partial charge in [0.25, 0.3) is 5.91 Å². The van der Waals surface area contributed by atoms with E-state index in [2.05, 4.69) is 10.6 Å². The molecular formula is C19H20FN3O. The van der Waals surface area contributed by atoms with Gasteiger partial charge in [0, 0.05) is 36.2 Å². The van der Waals surface area contributed by atoms with Gasteiger partial charge in [-0.05, 0) is 38.1 Å². The zero-order chi connectivity index (χ0) is 17.1. The summed E-state index contributed by atoms with van der Waals surface area (Å²) >= 11 is 0. The fraction of sp³-hybridized carbons (Fsp3) is 0.211. The number of fused-ring (bicyclic) bond motifs is 1. The van der Waals surface area contributed by atoms with E-state index in [1.54, 1.807) is 12.3 Å². The van der Waals surface area contributed by atoms with Gasteiger partial charge in [-0.15, -0.1) is 0 Å². The SMILES string of the molecule is CCN(CC)c1ccc(N/C=C2/C(=O)Nc3ccccc32)cc1F. The molecule has 24 heavy (non-hydrogen) atoms. The summed E-state index contributed by atoms with van der Waals surface area (Å²) in [5.41, 5.74) is 3.36. The summed E-state index contributed by atoms with van der Waals surface area (Å²) in [5, 5.41) is 5.83. The summed E-state index contributed by atoms with van der Waals surface area (Å²) in [4.78, 5) is 14.0. The molecule has 0 atom stereocenters. The first kappa shape index (κ1) is 16.1. The molecule has 0 bridgehead atoms. The number of benzene rings is 2. The zero-order valence-electron chi connectivity index (χ0n) is 13.8. The van der Waals surface area contributed by atoms with E-state index in [0.29, 0.717) is 16.9 Å². The van der Waals surface area contributed by atoms with Crippen molar-refractivity contribution in [1.82, 2.24) is 0 Å². The molecule has 2 aromatic rings. The van der Waals surface area contributed by atoms with Crippen molar-refractivity contribution in [2.24, 2.45) is 0 Å². The van der Waals surface area contributed by atoms with Crippen LogP contribution >= 0.6 is 0 Å². The lowest BCUT2D eigenvalue weighted by Gasteiger charge is -2.21. The zero-order valence-corrected chi connectivity index (χ0v) is 13.8. The molecule has 0 aliphatic carbocycles. The van der Waals surface area contributed by atoms with E-state index in [4.69, 9.17) is 0 Å². The van der Waals surface area contributed by atoms with E-state index in [1.807, 2.05) is 49.1 Å². The minimum Gasteiger partial charge on any atom is -0.370 e. The van der Waals surface area contributed by atoms with Gasteiger partial charge in [0.2, 0.25) is 0 Å². The van der Waals surface area contributed by atoms with E-state index in [-0.39, 0.29) is 11.7 Å². The van der Waals surface area contributed by atoms with Crippen LogP contribution < -0.4 is 15.5 Å². The first-order chi connectivity index (χ1) is 11.6. The molecule has 0 spiro atoms. The maximum absolute atomic E-state index is 14.3. The number of halogens is 1. The molecule has 0 unspecified atom stereocenters. The second-order valence-corrected chi connectivity index (χ2v) is 5.54. The third kappa shape index (κ3) is 2.97. The number of rotatable bonds is 5. The Labute approximate surface area is 141 Å². The van der Waals surface area contributed by atoms with Crippen molar-refractivity contribution in [3.8, 4) is 0 Å². The molecule has 1 aliphatic heterocycles. The van der Waals surface area contributed by atoms with E-state index in [9.17, 15) is 9.18 Å². The van der Waals surface area contributed by atoms with Gasteiger partial charge in [-0.25, -0.2) is 4.39 Å². The molecule has 2 aromatic carbocycles. The predicted molar refractivity (Wildman–Crippen MR) is 96.6 cm³/mol. The van der Waals surface area contributed by atoms with Crippen LogP contribution in [0.2, 0.25) is 0 Å². The number of anilines is 3. The van der Waals surface area contributed by atoms with Crippen LogP contribution in [0.3, 0.4) is 0 Å². The maximum Gasteiger partial charge on any atom is 0.257 e. The topological polar surface area (TPSA) is 44.4 Å². The molecule has 0 aromatic heterocycles. The van der Waals surface area contributed by atoms with Gasteiger partial charge in [-0.2, -0.15) is 0 Å². The molecular weight excluding hydrogens is 305 g/mol. The van der Waals surface area contributed by atoms with Crippen LogP contribution in [0.4, 0.5) is 21.5 Å². The standard InChI is InChI=1S/C19H20FN3O/c1-3-23(4-2)18-10-9-13(11-16(18)20)21-12-15-14-7-5-6-8-17(14)22-19(15)24/h5-12,21H,3-4H2,1-2H3,(H,22,24)/b15-12+. The summed E-state index contributed by atoms with van der Waals surface area (Å²) in [5.74, 6) is -0.442. The summed E-state index contributed by atoms with van der Waals surface area (Å²) in [6, 6.07) is 12.5. The molecule has 5 heteroatoms. The average molecular weight is 325 g/mol. The summed E-state index contributed by atoms with van der Waals surface area (Å²) < 4.78 is 14.3. The lowest BCUT2D eigenvalue weighted by molar-refractivity contribution is -0.110. The minimum absolute atomic E-state index is 0.163. The molecule has 3 rings (SSSR count). The Morgan fingerprint density at radius 2 is 1.92 bits per heavy atom. The van der Waals surface area contributed by atoms with Crippen molar-refractivity contribution in [1.29, 1.82) is 0 Å². The predicted octanol–water partition coefficient (Wildman–Crippen LogP) is 4.08. The van der Waals surface area contributed by atoms with Gasteiger partial charge in [-0.3, -0.25) is 4.79 Å². The van der Waals surface area contributed by atoms with Crippen molar-refractivity contribution in [3.63, 3.8) is 0 Å². The van der Waals surface area contributed by atoms with Crippen LogP contribution in [-0.4, -0.2) is 19.0 Å². The fourth-order valence-electron chi connectivity index (χ4n) is 2.86. The van der Waals surface area contributed by atoms with E-state index < -0.39 is 0 Å². The Morgan fingerprint density at radius 1 is 1.17 bits per heavy atom. The lowest BCUT2D eigenvalue weighted by Crippen LogP contribution is -2.22. The van der Waals surface area contributed by atoms with E-state index >= 15 is 0 Å². The highest BCUT2D eigenvalue weighted by Crippen LogP contribution is 2.31. The van der Waals surface area contributed by atoms with Crippen LogP contribution in [0, 0.1) is 5.82 Å². The quantitative estimate of drug-likeness (QED) is 0.814. The monoisotopic (exact) mass is 325 g/mol. The van der Waals surface area contributed by atoms with Crippen LogP contribution in [0.25, 0.3) is 5.57 Å². The number of hydrogen-bond donors (Lipinski definition) is 2. The summed E-state index contributed by atoms with van der Waals surface area (Å²) in [6.07, 6.45) is 1.62. The second-order valence-electron chi connectivity index (χ2n) is 5.54. The van der Waals surface area contributed by atoms with Crippen molar-refractivity contribution in [2.45, 2.75) is 13.8 Å². The molecule has 1 amide bonds. The molecule has 1 aliphatic rings. The van der Waals surface area contributed by atoms with Gasteiger partial charge >= 0.3 is 0 Å². The van der Waals surface area contributed by atoms with E-state index in [0.717, 1.165) is 24.3 Å². The van der Waals surface area contributed by atoms with Crippen LogP contribution in [0.1, 0.15) is 19.4 Å². The molecule has 0 radical (unpaired) electrons. The molecule has 124 valence electrons. The molecule has 2 N–H and O–H groups in total. The van der Waals surface area contributed by atoms with Crippen LogP contribution in [0.15, 0.2) is 48.7 Å². The molecule has 0 saturated heterocycles. The number of amides is 1. The van der Waals surface area contributed by atoms with Crippen molar-refractivity contribution >= 4 is 28.5 Å². The third-order valence-electron chi connectivity index (χ3n) is 4.15. The molecule has 4 nitrogen and oxygen atoms in total. The highest BCUT2D eigenvalue weighted by molar-refractivity contribution is 6.31. The summed E-state index contributed by atoms with van der Waals surface area (Å²) in [7, 11) is 0. The largest absolute Gasteiger partial charge is 0.370 e. The number of carbonyl (C=O) groups excluding carboxylic acids is 1. The van der Waals surface area contributed by atoms with Gasteiger partial charge in [-0.1, -0.05) is 18.2 Å². The number of nitrogens with zero attached hydrogens (tertiary/aromatic N) is 1. The van der Waals surface area contributed by atoms with Crippen LogP contribution in [0.5, 0.6) is 0 Å². The molecule has 0 fully saturated rings. The fourth-order valence-corrected chi connectivity index (χ4v) is 2.86. The van der Waals surface area contributed by atoms with Crippen LogP contribution in [-0.2, 0) is 4.79 Å². The molecule has 0 saturated carbocycles. The minimum atomic E-state index is -0.279. The molecule has 1 heterocycles. The number of carbonyl (C=O) groups is 1. The third-order valence-corrected chi connectivity index (χ3v) is 4.15. The number of para-hydroxylation sites is 1. The first-order valence-corrected chi connectivity index (χ1v) is 8.06. The highest BCUT2D eigenvalue weighted by Gasteiger charge is 2.23. The Morgan fingerprint density at radius 3 is 2.62 bits per heavy atom. The van der Waals surface area contributed by atoms with Crippen molar-refractivity contribution in [2.75, 3.05) is 28.6 Å². The maximum atomic E-state index is 14.3. The van der Waals surface area contributed by atoms with Gasteiger partial charge in [0.05, 0.1) is 11.3 Å². The van der Waals surface area contributed by atoms with Crippen molar-refractivity contribution < 1.29 is 9.18 Å². The summed E-state index contributed by atoms with van der Waals surface area (Å²) in [6.45, 7) is 5.49. The normalized spacial score (nSPS) is 14.5. The Hall–Kier alpha value is -2.82. The number of hydrogen-bond acceptors (Lipinski definition) is 3. The number of nitrogens with one attached hydrogen (secondary N) is 2. The highest BCUT2D eigenvalue weighted by atomic mass is 19.1.